The van der Waals surface area contributed by atoms with E-state index in [9.17, 15) is 35.9 Å². The lowest BCUT2D eigenvalue weighted by molar-refractivity contribution is -0.143. The molecule has 0 aliphatic carbocycles. The summed E-state index contributed by atoms with van der Waals surface area (Å²) in [7, 11) is 0. The standard InChI is InChI=1S/C19H14F6N2O4/c20-18(21,22)10-5-11(19(23,24)25)7-12(6-10)30-9-16(28)27-8-15(17(26)29)31-14-4-2-1-3-13(14)27/h1-7,15H,8-9H2,(H2,26,29). The molecule has 2 aromatic carbocycles. The summed E-state index contributed by atoms with van der Waals surface area (Å²) >= 11 is 0. The van der Waals surface area contributed by atoms with Gasteiger partial charge in [0.2, 0.25) is 0 Å². The normalized spacial score (nSPS) is 16.3. The smallest absolute Gasteiger partial charge is 0.416 e. The van der Waals surface area contributed by atoms with Gasteiger partial charge in [0.25, 0.3) is 11.8 Å². The first-order valence-corrected chi connectivity index (χ1v) is 8.64. The lowest BCUT2D eigenvalue weighted by Gasteiger charge is -2.33. The van der Waals surface area contributed by atoms with E-state index in [1.54, 1.807) is 12.1 Å². The number of nitrogens with two attached hydrogens (primary N) is 1. The molecule has 3 rings (SSSR count). The molecule has 2 N–H and O–H groups in total. The summed E-state index contributed by atoms with van der Waals surface area (Å²) in [5.74, 6) is -2.32. The van der Waals surface area contributed by atoms with E-state index in [1.165, 1.54) is 12.1 Å². The fourth-order valence-corrected chi connectivity index (χ4v) is 2.85. The molecule has 0 spiro atoms. The van der Waals surface area contributed by atoms with Crippen LogP contribution >= 0.6 is 0 Å². The molecular formula is C19H14F6N2O4. The molecule has 0 bridgehead atoms. The average molecular weight is 448 g/mol. The molecular weight excluding hydrogens is 434 g/mol. The second-order valence-electron chi connectivity index (χ2n) is 6.51. The largest absolute Gasteiger partial charge is 0.484 e. The third-order valence-electron chi connectivity index (χ3n) is 4.32. The van der Waals surface area contributed by atoms with Crippen LogP contribution < -0.4 is 20.1 Å². The molecule has 0 fully saturated rings. The zero-order valence-corrected chi connectivity index (χ0v) is 15.5. The highest BCUT2D eigenvalue weighted by Gasteiger charge is 2.37. The Morgan fingerprint density at radius 1 is 1.03 bits per heavy atom. The molecule has 0 radical (unpaired) electrons. The number of hydrogen-bond donors (Lipinski definition) is 1. The van der Waals surface area contributed by atoms with Crippen LogP contribution in [0.3, 0.4) is 0 Å². The maximum absolute atomic E-state index is 13.0. The zero-order chi connectivity index (χ0) is 23.0. The first kappa shape index (κ1) is 22.2. The van der Waals surface area contributed by atoms with Crippen LogP contribution in [-0.2, 0) is 21.9 Å². The van der Waals surface area contributed by atoms with E-state index in [1.807, 2.05) is 0 Å². The Labute approximate surface area is 171 Å². The topological polar surface area (TPSA) is 81.9 Å². The lowest BCUT2D eigenvalue weighted by Crippen LogP contribution is -2.50. The van der Waals surface area contributed by atoms with Crippen molar-refractivity contribution in [3.05, 3.63) is 53.6 Å². The van der Waals surface area contributed by atoms with E-state index in [2.05, 4.69) is 0 Å². The average Bonchev–Trinajstić information content (AvgIpc) is 2.69. The van der Waals surface area contributed by atoms with Crippen LogP contribution in [0.15, 0.2) is 42.5 Å². The highest BCUT2D eigenvalue weighted by Crippen LogP contribution is 2.38. The summed E-state index contributed by atoms with van der Waals surface area (Å²) in [4.78, 5) is 25.2. The van der Waals surface area contributed by atoms with E-state index in [-0.39, 0.29) is 24.0 Å². The molecule has 1 atom stereocenters. The van der Waals surface area contributed by atoms with Crippen molar-refractivity contribution in [3.63, 3.8) is 0 Å². The Hall–Kier alpha value is -3.44. The molecule has 0 saturated heterocycles. The predicted molar refractivity (Wildman–Crippen MR) is 94.3 cm³/mol. The third-order valence-corrected chi connectivity index (χ3v) is 4.32. The summed E-state index contributed by atoms with van der Waals surface area (Å²) in [6.45, 7) is -1.19. The number of hydrogen-bond acceptors (Lipinski definition) is 4. The van der Waals surface area contributed by atoms with Crippen LogP contribution in [0, 0.1) is 0 Å². The minimum Gasteiger partial charge on any atom is -0.484 e. The van der Waals surface area contributed by atoms with Gasteiger partial charge in [-0.3, -0.25) is 9.59 Å². The fraction of sp³-hybridized carbons (Fsp3) is 0.263. The number of nitrogens with zero attached hydrogens (tertiary/aromatic N) is 1. The first-order valence-electron chi connectivity index (χ1n) is 8.64. The number of amides is 2. The van der Waals surface area contributed by atoms with Crippen molar-refractivity contribution in [1.82, 2.24) is 0 Å². The summed E-state index contributed by atoms with van der Waals surface area (Å²) in [6.07, 6.45) is -11.3. The molecule has 1 aliphatic heterocycles. The molecule has 0 aromatic heterocycles. The van der Waals surface area contributed by atoms with Gasteiger partial charge in [0.15, 0.2) is 12.7 Å². The summed E-state index contributed by atoms with van der Waals surface area (Å²) in [5.41, 5.74) is 2.32. The number of rotatable bonds is 4. The van der Waals surface area contributed by atoms with Crippen molar-refractivity contribution in [2.45, 2.75) is 18.5 Å². The van der Waals surface area contributed by atoms with E-state index in [0.29, 0.717) is 12.1 Å². The molecule has 6 nitrogen and oxygen atoms in total. The van der Waals surface area contributed by atoms with E-state index in [0.717, 1.165) is 4.90 Å². The molecule has 1 heterocycles. The molecule has 166 valence electrons. The van der Waals surface area contributed by atoms with Crippen molar-refractivity contribution in [3.8, 4) is 11.5 Å². The van der Waals surface area contributed by atoms with Crippen molar-refractivity contribution in [2.75, 3.05) is 18.1 Å². The van der Waals surface area contributed by atoms with E-state index in [4.69, 9.17) is 15.2 Å². The fourth-order valence-electron chi connectivity index (χ4n) is 2.85. The summed E-state index contributed by atoms with van der Waals surface area (Å²) in [6, 6.07) is 6.76. The molecule has 31 heavy (non-hydrogen) atoms. The van der Waals surface area contributed by atoms with Gasteiger partial charge in [0.1, 0.15) is 11.5 Å². The van der Waals surface area contributed by atoms with Gasteiger partial charge in [-0.1, -0.05) is 12.1 Å². The van der Waals surface area contributed by atoms with E-state index >= 15 is 0 Å². The van der Waals surface area contributed by atoms with Gasteiger partial charge < -0.3 is 20.1 Å². The lowest BCUT2D eigenvalue weighted by atomic mass is 10.1. The van der Waals surface area contributed by atoms with E-state index < -0.39 is 53.8 Å². The highest BCUT2D eigenvalue weighted by atomic mass is 19.4. The number of carbonyl (C=O) groups excluding carboxylic acids is 2. The van der Waals surface area contributed by atoms with Gasteiger partial charge in [-0.2, -0.15) is 26.3 Å². The van der Waals surface area contributed by atoms with Gasteiger partial charge in [0.05, 0.1) is 23.4 Å². The van der Waals surface area contributed by atoms with Crippen LogP contribution in [0.2, 0.25) is 0 Å². The number of para-hydroxylation sites is 2. The molecule has 2 amide bonds. The highest BCUT2D eigenvalue weighted by molar-refractivity contribution is 5.98. The Morgan fingerprint density at radius 2 is 1.61 bits per heavy atom. The molecule has 2 aromatic rings. The number of benzene rings is 2. The SMILES string of the molecule is NC(=O)C1CN(C(=O)COc2cc(C(F)(F)F)cc(C(F)(F)F)c2)c2ccccc2O1. The first-order chi connectivity index (χ1) is 14.4. The monoisotopic (exact) mass is 448 g/mol. The maximum atomic E-state index is 13.0. The number of anilines is 1. The predicted octanol–water partition coefficient (Wildman–Crippen LogP) is 3.38. The van der Waals surface area contributed by atoms with Crippen molar-refractivity contribution in [2.24, 2.45) is 5.73 Å². The number of halogens is 6. The van der Waals surface area contributed by atoms with Gasteiger partial charge in [-0.05, 0) is 30.3 Å². The quantitative estimate of drug-likeness (QED) is 0.728. The molecule has 12 heteroatoms. The van der Waals surface area contributed by atoms with Crippen LogP contribution in [0.1, 0.15) is 11.1 Å². The second-order valence-corrected chi connectivity index (χ2v) is 6.51. The Kier molecular flexibility index (Phi) is 5.74. The number of alkyl halides is 6. The minimum atomic E-state index is -5.05. The van der Waals surface area contributed by atoms with Crippen LogP contribution in [0.25, 0.3) is 0 Å². The third kappa shape index (κ3) is 5.01. The van der Waals surface area contributed by atoms with Crippen molar-refractivity contribution < 1.29 is 45.4 Å². The van der Waals surface area contributed by atoms with Gasteiger partial charge >= 0.3 is 12.4 Å². The summed E-state index contributed by atoms with van der Waals surface area (Å²) in [5, 5.41) is 0. The number of ether oxygens (including phenoxy) is 2. The maximum Gasteiger partial charge on any atom is 0.416 e. The van der Waals surface area contributed by atoms with Gasteiger partial charge in [-0.15, -0.1) is 0 Å². The Morgan fingerprint density at radius 3 is 2.16 bits per heavy atom. The number of carbonyl (C=O) groups is 2. The Bertz CT molecular complexity index is 973. The number of primary amides is 1. The zero-order valence-electron chi connectivity index (χ0n) is 15.5. The van der Waals surface area contributed by atoms with Gasteiger partial charge in [0, 0.05) is 0 Å². The summed E-state index contributed by atoms with van der Waals surface area (Å²) < 4.78 is 88.1. The van der Waals surface area contributed by atoms with Crippen molar-refractivity contribution >= 4 is 17.5 Å². The molecule has 1 aliphatic rings. The second kappa shape index (κ2) is 8.00. The Balaban J connectivity index is 1.84. The van der Waals surface area contributed by atoms with Crippen LogP contribution in [0.4, 0.5) is 32.0 Å². The minimum absolute atomic E-state index is 0.0512. The van der Waals surface area contributed by atoms with Gasteiger partial charge in [-0.25, -0.2) is 0 Å². The van der Waals surface area contributed by atoms with Crippen LogP contribution in [-0.4, -0.2) is 31.1 Å². The van der Waals surface area contributed by atoms with Crippen molar-refractivity contribution in [1.29, 1.82) is 0 Å². The molecule has 1 unspecified atom stereocenters. The van der Waals surface area contributed by atoms with Crippen LogP contribution in [0.5, 0.6) is 11.5 Å². The molecule has 0 saturated carbocycles. The number of fused-ring (bicyclic) bond motifs is 1.